The molecule has 1 aromatic carbocycles. The van der Waals surface area contributed by atoms with Crippen molar-refractivity contribution in [1.29, 1.82) is 0 Å². The maximum absolute atomic E-state index is 11.9. The van der Waals surface area contributed by atoms with Crippen molar-refractivity contribution >= 4 is 11.9 Å². The number of hydrogen-bond donors (Lipinski definition) is 2. The van der Waals surface area contributed by atoms with Gasteiger partial charge < -0.3 is 10.4 Å². The van der Waals surface area contributed by atoms with Gasteiger partial charge in [0.15, 0.2) is 0 Å². The predicted octanol–water partition coefficient (Wildman–Crippen LogP) is 3.26. The smallest absolute Gasteiger partial charge is 0.335 e. The first kappa shape index (κ1) is 17.2. The fourth-order valence-corrected chi connectivity index (χ4v) is 2.37. The molecule has 0 spiro atoms. The number of nitrogens with one attached hydrogen (secondary N) is 1. The lowest BCUT2D eigenvalue weighted by Gasteiger charge is -2.17. The summed E-state index contributed by atoms with van der Waals surface area (Å²) in [4.78, 5) is 23.0. The Balaban J connectivity index is 2.48. The van der Waals surface area contributed by atoms with Crippen LogP contribution in [0.1, 0.15) is 56.0 Å². The molecule has 2 atom stereocenters. The molecule has 1 aromatic rings. The summed E-state index contributed by atoms with van der Waals surface area (Å²) in [6, 6.07) is 6.98. The van der Waals surface area contributed by atoms with E-state index >= 15 is 0 Å². The van der Waals surface area contributed by atoms with Crippen LogP contribution >= 0.6 is 0 Å². The fraction of sp³-hybridized carbons (Fsp3) is 0.529. The molecule has 2 N–H and O–H groups in total. The molecule has 2 unspecified atom stereocenters. The maximum Gasteiger partial charge on any atom is 0.335 e. The van der Waals surface area contributed by atoms with Gasteiger partial charge in [0.1, 0.15) is 0 Å². The number of amides is 1. The molecular weight excluding hydrogens is 266 g/mol. The van der Waals surface area contributed by atoms with Crippen LogP contribution in [0, 0.1) is 5.92 Å². The minimum atomic E-state index is -0.948. The molecule has 0 saturated heterocycles. The van der Waals surface area contributed by atoms with Crippen LogP contribution in [0.3, 0.4) is 0 Å². The van der Waals surface area contributed by atoms with E-state index in [-0.39, 0.29) is 17.5 Å². The summed E-state index contributed by atoms with van der Waals surface area (Å²) in [6.07, 6.45) is 2.83. The van der Waals surface area contributed by atoms with Crippen LogP contribution in [0.2, 0.25) is 0 Å². The highest BCUT2D eigenvalue weighted by atomic mass is 16.4. The van der Waals surface area contributed by atoms with Crippen LogP contribution in [0.5, 0.6) is 0 Å². The second-order valence-corrected chi connectivity index (χ2v) is 5.68. The molecule has 4 nitrogen and oxygen atoms in total. The Bertz CT molecular complexity index is 485. The van der Waals surface area contributed by atoms with Crippen molar-refractivity contribution in [1.82, 2.24) is 5.32 Å². The highest BCUT2D eigenvalue weighted by Gasteiger charge is 2.13. The van der Waals surface area contributed by atoms with Crippen LogP contribution in [0.15, 0.2) is 24.3 Å². The zero-order valence-corrected chi connectivity index (χ0v) is 13.1. The van der Waals surface area contributed by atoms with Gasteiger partial charge >= 0.3 is 5.97 Å². The Morgan fingerprint density at radius 2 is 1.90 bits per heavy atom. The molecule has 1 amide bonds. The van der Waals surface area contributed by atoms with Crippen LogP contribution in [0.25, 0.3) is 0 Å². The average Bonchev–Trinajstić information content (AvgIpc) is 2.44. The number of benzene rings is 1. The normalized spacial score (nSPS) is 13.5. The first-order valence-corrected chi connectivity index (χ1v) is 7.54. The minimum absolute atomic E-state index is 0.0222. The molecule has 0 aliphatic carbocycles. The summed E-state index contributed by atoms with van der Waals surface area (Å²) >= 11 is 0. The van der Waals surface area contributed by atoms with E-state index in [0.29, 0.717) is 24.3 Å². The molecule has 0 radical (unpaired) electrons. The van der Waals surface area contributed by atoms with Crippen molar-refractivity contribution in [2.75, 3.05) is 0 Å². The quantitative estimate of drug-likeness (QED) is 0.772. The van der Waals surface area contributed by atoms with Crippen molar-refractivity contribution in [2.45, 2.75) is 52.5 Å². The summed E-state index contributed by atoms with van der Waals surface area (Å²) in [5, 5.41) is 12.1. The van der Waals surface area contributed by atoms with E-state index < -0.39 is 5.97 Å². The van der Waals surface area contributed by atoms with Gasteiger partial charge in [0.2, 0.25) is 5.91 Å². The number of carbonyl (C=O) groups is 2. The number of carboxylic acids is 1. The number of rotatable bonds is 8. The Kier molecular flexibility index (Phi) is 6.92. The Morgan fingerprint density at radius 3 is 2.52 bits per heavy atom. The first-order valence-electron chi connectivity index (χ1n) is 7.54. The summed E-state index contributed by atoms with van der Waals surface area (Å²) < 4.78 is 0. The second kappa shape index (κ2) is 8.45. The number of aromatic carboxylic acids is 1. The fourth-order valence-electron chi connectivity index (χ4n) is 2.37. The monoisotopic (exact) mass is 291 g/mol. The topological polar surface area (TPSA) is 66.4 Å². The second-order valence-electron chi connectivity index (χ2n) is 5.68. The Hall–Kier alpha value is -1.84. The molecule has 0 saturated carbocycles. The van der Waals surface area contributed by atoms with E-state index in [0.717, 1.165) is 12.8 Å². The van der Waals surface area contributed by atoms with E-state index in [2.05, 4.69) is 19.2 Å². The van der Waals surface area contributed by atoms with Crippen LogP contribution in [-0.4, -0.2) is 23.0 Å². The zero-order chi connectivity index (χ0) is 15.8. The molecule has 1 rings (SSSR count). The summed E-state index contributed by atoms with van der Waals surface area (Å²) in [7, 11) is 0. The van der Waals surface area contributed by atoms with Gasteiger partial charge in [-0.2, -0.15) is 0 Å². The summed E-state index contributed by atoms with van der Waals surface area (Å²) in [5.74, 6) is -0.379. The molecule has 0 heterocycles. The molecule has 116 valence electrons. The number of carboxylic acid groups (broad SMARTS) is 1. The van der Waals surface area contributed by atoms with Crippen molar-refractivity contribution in [3.63, 3.8) is 0 Å². The molecule has 0 aromatic heterocycles. The highest BCUT2D eigenvalue weighted by molar-refractivity contribution is 5.89. The Labute approximate surface area is 126 Å². The molecule has 0 aliphatic rings. The van der Waals surface area contributed by atoms with Gasteiger partial charge in [0, 0.05) is 12.5 Å². The van der Waals surface area contributed by atoms with Crippen LogP contribution < -0.4 is 5.32 Å². The van der Waals surface area contributed by atoms with E-state index in [4.69, 9.17) is 5.11 Å². The molecule has 21 heavy (non-hydrogen) atoms. The van der Waals surface area contributed by atoms with E-state index in [1.807, 2.05) is 6.92 Å². The highest BCUT2D eigenvalue weighted by Crippen LogP contribution is 2.12. The van der Waals surface area contributed by atoms with Crippen molar-refractivity contribution in [3.8, 4) is 0 Å². The van der Waals surface area contributed by atoms with Gasteiger partial charge in [-0.15, -0.1) is 0 Å². The summed E-state index contributed by atoms with van der Waals surface area (Å²) in [6.45, 7) is 6.32. The van der Waals surface area contributed by atoms with E-state index in [1.54, 1.807) is 24.3 Å². The molecule has 4 heteroatoms. The largest absolute Gasteiger partial charge is 0.478 e. The summed E-state index contributed by atoms with van der Waals surface area (Å²) in [5.41, 5.74) is 0.979. The third-order valence-electron chi connectivity index (χ3n) is 3.73. The third-order valence-corrected chi connectivity index (χ3v) is 3.73. The molecular formula is C17H25NO3. The van der Waals surface area contributed by atoms with Gasteiger partial charge in [-0.1, -0.05) is 38.5 Å². The van der Waals surface area contributed by atoms with Crippen molar-refractivity contribution < 1.29 is 14.7 Å². The van der Waals surface area contributed by atoms with E-state index in [9.17, 15) is 9.59 Å². The number of carbonyl (C=O) groups excluding carboxylic acids is 1. The first-order chi connectivity index (χ1) is 9.93. The lowest BCUT2D eigenvalue weighted by atomic mass is 10.00. The lowest BCUT2D eigenvalue weighted by Crippen LogP contribution is -2.33. The number of hydrogen-bond acceptors (Lipinski definition) is 2. The maximum atomic E-state index is 11.9. The Morgan fingerprint density at radius 1 is 1.24 bits per heavy atom. The van der Waals surface area contributed by atoms with Crippen molar-refractivity contribution in [2.24, 2.45) is 5.92 Å². The minimum Gasteiger partial charge on any atom is -0.478 e. The van der Waals surface area contributed by atoms with E-state index in [1.165, 1.54) is 0 Å². The van der Waals surface area contributed by atoms with Gasteiger partial charge in [-0.25, -0.2) is 4.79 Å². The molecule has 0 fully saturated rings. The van der Waals surface area contributed by atoms with Gasteiger partial charge in [0.05, 0.1) is 5.56 Å². The SMILES string of the molecule is CCC(C)CC(C)NC(=O)CCc1ccccc1C(=O)O. The van der Waals surface area contributed by atoms with Gasteiger partial charge in [-0.05, 0) is 37.3 Å². The zero-order valence-electron chi connectivity index (χ0n) is 13.1. The van der Waals surface area contributed by atoms with Crippen molar-refractivity contribution in [3.05, 3.63) is 35.4 Å². The molecule has 0 aliphatic heterocycles. The third kappa shape index (κ3) is 5.98. The molecule has 0 bridgehead atoms. The van der Waals surface area contributed by atoms with Crippen LogP contribution in [0.4, 0.5) is 0 Å². The number of aryl methyl sites for hydroxylation is 1. The van der Waals surface area contributed by atoms with Gasteiger partial charge in [0.25, 0.3) is 0 Å². The van der Waals surface area contributed by atoms with Crippen LogP contribution in [-0.2, 0) is 11.2 Å². The average molecular weight is 291 g/mol. The standard InChI is InChI=1S/C17H25NO3/c1-4-12(2)11-13(3)18-16(19)10-9-14-7-5-6-8-15(14)17(20)21/h5-8,12-13H,4,9-11H2,1-3H3,(H,18,19)(H,20,21). The predicted molar refractivity (Wildman–Crippen MR) is 83.4 cm³/mol. The van der Waals surface area contributed by atoms with Gasteiger partial charge in [-0.3, -0.25) is 4.79 Å². The lowest BCUT2D eigenvalue weighted by molar-refractivity contribution is -0.121.